The average molecular weight is 428 g/mol. The van der Waals surface area contributed by atoms with E-state index in [-0.39, 0.29) is 24.0 Å². The molecule has 0 fully saturated rings. The number of nitrogens with one attached hydrogen (secondary N) is 2. The summed E-state index contributed by atoms with van der Waals surface area (Å²) in [6.07, 6.45) is 3.29. The Labute approximate surface area is 147 Å². The Hall–Kier alpha value is -0.0200. The van der Waals surface area contributed by atoms with Gasteiger partial charge in [-0.3, -0.25) is 0 Å². The summed E-state index contributed by atoms with van der Waals surface area (Å²) >= 11 is 3.60. The number of halogens is 1. The molecule has 0 amide bonds. The Morgan fingerprint density at radius 1 is 1.35 bits per heavy atom. The van der Waals surface area contributed by atoms with Gasteiger partial charge in [0.25, 0.3) is 0 Å². The zero-order valence-electron chi connectivity index (χ0n) is 12.7. The second-order valence-electron chi connectivity index (χ2n) is 4.22. The fourth-order valence-corrected chi connectivity index (χ4v) is 2.81. The Morgan fingerprint density at radius 3 is 2.65 bits per heavy atom. The Bertz CT molecular complexity index is 388. The highest BCUT2D eigenvalue weighted by atomic mass is 127. The molecule has 1 aromatic rings. The fraction of sp³-hybridized carbons (Fsp3) is 0.692. The minimum absolute atomic E-state index is 0. The van der Waals surface area contributed by atoms with Gasteiger partial charge >= 0.3 is 0 Å². The van der Waals surface area contributed by atoms with Crippen molar-refractivity contribution < 1.29 is 0 Å². The lowest BCUT2D eigenvalue weighted by molar-refractivity contribution is 0.789. The summed E-state index contributed by atoms with van der Waals surface area (Å²) in [5.74, 6) is 2.06. The third-order valence-electron chi connectivity index (χ3n) is 2.61. The highest BCUT2D eigenvalue weighted by molar-refractivity contribution is 14.0. The molecule has 0 aliphatic rings. The number of aliphatic imine (C=N–C) groups is 1. The van der Waals surface area contributed by atoms with Crippen molar-refractivity contribution >= 4 is 53.0 Å². The number of hydrogen-bond acceptors (Lipinski definition) is 4. The molecule has 0 atom stereocenters. The Kier molecular flexibility index (Phi) is 11.6. The molecule has 0 aromatic carbocycles. The lowest BCUT2D eigenvalue weighted by Crippen LogP contribution is -2.37. The number of aromatic nitrogens is 1. The molecule has 0 aliphatic carbocycles. The van der Waals surface area contributed by atoms with E-state index in [2.05, 4.69) is 40.7 Å². The largest absolute Gasteiger partial charge is 0.357 e. The standard InChI is InChI=1S/C13H24N4S2.HI/c1-5-14-13(15-7-6-8-18-4)16-9-12-17-10(2)11(3)19-12;/h5-9H2,1-4H3,(H2,14,15,16);1H. The van der Waals surface area contributed by atoms with E-state index in [4.69, 9.17) is 0 Å². The topological polar surface area (TPSA) is 49.3 Å². The highest BCUT2D eigenvalue weighted by Crippen LogP contribution is 2.16. The predicted octanol–water partition coefficient (Wildman–Crippen LogP) is 3.19. The summed E-state index contributed by atoms with van der Waals surface area (Å²) < 4.78 is 0. The number of aryl methyl sites for hydroxylation is 2. The van der Waals surface area contributed by atoms with Crippen molar-refractivity contribution in [3.63, 3.8) is 0 Å². The predicted molar refractivity (Wildman–Crippen MR) is 103 cm³/mol. The molecule has 1 rings (SSSR count). The molecule has 0 saturated heterocycles. The fourth-order valence-electron chi connectivity index (χ4n) is 1.52. The molecule has 0 radical (unpaired) electrons. The van der Waals surface area contributed by atoms with Gasteiger partial charge in [0.05, 0.1) is 12.2 Å². The van der Waals surface area contributed by atoms with E-state index >= 15 is 0 Å². The zero-order chi connectivity index (χ0) is 14.1. The van der Waals surface area contributed by atoms with Gasteiger partial charge in [0.1, 0.15) is 5.01 Å². The van der Waals surface area contributed by atoms with Gasteiger partial charge in [-0.25, -0.2) is 9.98 Å². The van der Waals surface area contributed by atoms with Crippen LogP contribution in [0.2, 0.25) is 0 Å². The van der Waals surface area contributed by atoms with Gasteiger partial charge in [0, 0.05) is 18.0 Å². The van der Waals surface area contributed by atoms with Gasteiger partial charge in [0.2, 0.25) is 0 Å². The van der Waals surface area contributed by atoms with Crippen molar-refractivity contribution in [1.82, 2.24) is 15.6 Å². The van der Waals surface area contributed by atoms with Gasteiger partial charge in [-0.05, 0) is 39.2 Å². The number of hydrogen-bond donors (Lipinski definition) is 2. The molecule has 116 valence electrons. The summed E-state index contributed by atoms with van der Waals surface area (Å²) in [5.41, 5.74) is 1.12. The molecule has 0 spiro atoms. The zero-order valence-corrected chi connectivity index (χ0v) is 16.6. The number of thiazole rings is 1. The van der Waals surface area contributed by atoms with Gasteiger partial charge in [-0.1, -0.05) is 0 Å². The first-order valence-corrected chi connectivity index (χ1v) is 8.82. The van der Waals surface area contributed by atoms with E-state index in [9.17, 15) is 0 Å². The molecule has 2 N–H and O–H groups in total. The van der Waals surface area contributed by atoms with Gasteiger partial charge < -0.3 is 10.6 Å². The van der Waals surface area contributed by atoms with Crippen molar-refractivity contribution in [2.75, 3.05) is 25.1 Å². The van der Waals surface area contributed by atoms with E-state index < -0.39 is 0 Å². The minimum Gasteiger partial charge on any atom is -0.357 e. The normalized spacial score (nSPS) is 11.1. The van der Waals surface area contributed by atoms with Gasteiger partial charge in [0.15, 0.2) is 5.96 Å². The number of nitrogens with zero attached hydrogens (tertiary/aromatic N) is 2. The number of rotatable bonds is 7. The van der Waals surface area contributed by atoms with Crippen molar-refractivity contribution in [3.05, 3.63) is 15.6 Å². The lowest BCUT2D eigenvalue weighted by atomic mass is 10.4. The molecule has 4 nitrogen and oxygen atoms in total. The van der Waals surface area contributed by atoms with E-state index in [1.165, 1.54) is 10.6 Å². The summed E-state index contributed by atoms with van der Waals surface area (Å²) in [6.45, 7) is 8.72. The Balaban J connectivity index is 0.00000361. The Morgan fingerprint density at radius 2 is 2.10 bits per heavy atom. The average Bonchev–Trinajstić information content (AvgIpc) is 2.71. The van der Waals surface area contributed by atoms with Crippen LogP contribution in [0.15, 0.2) is 4.99 Å². The maximum Gasteiger partial charge on any atom is 0.191 e. The summed E-state index contributed by atoms with van der Waals surface area (Å²) in [4.78, 5) is 10.4. The smallest absolute Gasteiger partial charge is 0.191 e. The molecule has 0 saturated carbocycles. The number of thioether (sulfide) groups is 1. The second kappa shape index (κ2) is 11.6. The maximum absolute atomic E-state index is 4.57. The first kappa shape index (κ1) is 20.0. The minimum atomic E-state index is 0. The number of guanidine groups is 1. The lowest BCUT2D eigenvalue weighted by Gasteiger charge is -2.10. The first-order valence-electron chi connectivity index (χ1n) is 6.61. The third-order valence-corrected chi connectivity index (χ3v) is 4.36. The van der Waals surface area contributed by atoms with Crippen molar-refractivity contribution in [3.8, 4) is 0 Å². The van der Waals surface area contributed by atoms with Crippen molar-refractivity contribution in [2.45, 2.75) is 33.7 Å². The monoisotopic (exact) mass is 428 g/mol. The van der Waals surface area contributed by atoms with Crippen LogP contribution in [-0.4, -0.2) is 36.0 Å². The van der Waals surface area contributed by atoms with Crippen LogP contribution in [0, 0.1) is 13.8 Å². The van der Waals surface area contributed by atoms with Crippen molar-refractivity contribution in [1.29, 1.82) is 0 Å². The molecule has 0 bridgehead atoms. The highest BCUT2D eigenvalue weighted by Gasteiger charge is 2.03. The molecule has 0 aliphatic heterocycles. The van der Waals surface area contributed by atoms with Crippen LogP contribution in [0.3, 0.4) is 0 Å². The van der Waals surface area contributed by atoms with Crippen LogP contribution < -0.4 is 10.6 Å². The maximum atomic E-state index is 4.57. The summed E-state index contributed by atoms with van der Waals surface area (Å²) in [5, 5.41) is 7.69. The summed E-state index contributed by atoms with van der Waals surface area (Å²) in [7, 11) is 0. The molecular weight excluding hydrogens is 403 g/mol. The SMILES string of the molecule is CCNC(=NCc1nc(C)c(C)s1)NCCCSC.I. The van der Waals surface area contributed by atoms with Crippen LogP contribution >= 0.6 is 47.1 Å². The van der Waals surface area contributed by atoms with Crippen LogP contribution in [0.5, 0.6) is 0 Å². The van der Waals surface area contributed by atoms with E-state index in [1.54, 1.807) is 11.3 Å². The van der Waals surface area contributed by atoms with E-state index in [0.717, 1.165) is 36.2 Å². The van der Waals surface area contributed by atoms with Crippen LogP contribution in [0.1, 0.15) is 28.9 Å². The van der Waals surface area contributed by atoms with Crippen LogP contribution in [0.25, 0.3) is 0 Å². The third kappa shape index (κ3) is 7.68. The molecule has 0 unspecified atom stereocenters. The first-order chi connectivity index (χ1) is 9.17. The molecular formula is C13H25IN4S2. The molecule has 1 aromatic heterocycles. The van der Waals surface area contributed by atoms with E-state index in [0.29, 0.717) is 6.54 Å². The van der Waals surface area contributed by atoms with Crippen LogP contribution in [0.4, 0.5) is 0 Å². The molecule has 7 heteroatoms. The molecule has 20 heavy (non-hydrogen) atoms. The van der Waals surface area contributed by atoms with Crippen molar-refractivity contribution in [2.24, 2.45) is 4.99 Å². The summed E-state index contributed by atoms with van der Waals surface area (Å²) in [6, 6.07) is 0. The quantitative estimate of drug-likeness (QED) is 0.303. The second-order valence-corrected chi connectivity index (χ2v) is 6.49. The van der Waals surface area contributed by atoms with E-state index in [1.807, 2.05) is 18.7 Å². The molecule has 1 heterocycles. The van der Waals surface area contributed by atoms with Gasteiger partial charge in [-0.2, -0.15) is 11.8 Å². The van der Waals surface area contributed by atoms with Gasteiger partial charge in [-0.15, -0.1) is 35.3 Å². The van der Waals surface area contributed by atoms with Crippen LogP contribution in [-0.2, 0) is 6.54 Å².